The third-order valence-corrected chi connectivity index (χ3v) is 5.45. The standard InChI is InChI=1S/C22H20N4O/c1-26-12-18(15-5-4-14-8-10-23-21(14)11-15)16-6-7-17(22(27)19(16)13-26)20-3-2-9-24-25-20/h2-11,18,23,27H,12-13H2,1H3. The first-order chi connectivity index (χ1) is 13.2. The number of nitrogens with one attached hydrogen (secondary N) is 1. The molecule has 1 unspecified atom stereocenters. The van der Waals surface area contributed by atoms with Gasteiger partial charge in [-0.05, 0) is 53.9 Å². The average Bonchev–Trinajstić information content (AvgIpc) is 3.17. The van der Waals surface area contributed by atoms with E-state index < -0.39 is 0 Å². The van der Waals surface area contributed by atoms with E-state index in [4.69, 9.17) is 0 Å². The molecule has 2 N–H and O–H groups in total. The number of hydrogen-bond acceptors (Lipinski definition) is 4. The molecular weight excluding hydrogens is 336 g/mol. The van der Waals surface area contributed by atoms with Gasteiger partial charge in [0.05, 0.1) is 5.69 Å². The van der Waals surface area contributed by atoms with Crippen molar-refractivity contribution in [1.82, 2.24) is 20.1 Å². The van der Waals surface area contributed by atoms with Crippen molar-refractivity contribution >= 4 is 10.9 Å². The summed E-state index contributed by atoms with van der Waals surface area (Å²) in [6.45, 7) is 1.64. The zero-order chi connectivity index (χ0) is 18.4. The molecule has 4 aromatic rings. The summed E-state index contributed by atoms with van der Waals surface area (Å²) in [6, 6.07) is 16.5. The molecule has 5 heteroatoms. The summed E-state index contributed by atoms with van der Waals surface area (Å²) in [6.07, 6.45) is 3.61. The molecular formula is C22H20N4O. The Balaban J connectivity index is 1.64. The van der Waals surface area contributed by atoms with Gasteiger partial charge in [0.25, 0.3) is 0 Å². The summed E-state index contributed by atoms with van der Waals surface area (Å²) in [4.78, 5) is 5.55. The van der Waals surface area contributed by atoms with Gasteiger partial charge < -0.3 is 15.0 Å². The highest BCUT2D eigenvalue weighted by molar-refractivity contribution is 5.80. The first-order valence-electron chi connectivity index (χ1n) is 9.09. The van der Waals surface area contributed by atoms with Crippen molar-refractivity contribution in [1.29, 1.82) is 0 Å². The topological polar surface area (TPSA) is 65.0 Å². The van der Waals surface area contributed by atoms with E-state index in [1.807, 2.05) is 24.4 Å². The SMILES string of the molecule is CN1Cc2c(ccc(-c3cccnn3)c2O)C(c2ccc3cc[nH]c3c2)C1. The third kappa shape index (κ3) is 2.67. The minimum atomic E-state index is 0.216. The van der Waals surface area contributed by atoms with Gasteiger partial charge in [-0.3, -0.25) is 0 Å². The van der Waals surface area contributed by atoms with Crippen LogP contribution in [0.15, 0.2) is 60.9 Å². The predicted octanol–water partition coefficient (Wildman–Crippen LogP) is 3.91. The number of aromatic hydroxyl groups is 1. The van der Waals surface area contributed by atoms with E-state index in [0.29, 0.717) is 11.4 Å². The van der Waals surface area contributed by atoms with Crippen LogP contribution in [0.5, 0.6) is 5.75 Å². The Morgan fingerprint density at radius 2 is 2.07 bits per heavy atom. The van der Waals surface area contributed by atoms with Gasteiger partial charge in [0.15, 0.2) is 0 Å². The summed E-state index contributed by atoms with van der Waals surface area (Å²) in [5.74, 6) is 0.527. The fourth-order valence-electron chi connectivity index (χ4n) is 4.11. The minimum Gasteiger partial charge on any atom is -0.507 e. The monoisotopic (exact) mass is 356 g/mol. The zero-order valence-electron chi connectivity index (χ0n) is 15.1. The lowest BCUT2D eigenvalue weighted by molar-refractivity contribution is 0.288. The fourth-order valence-corrected chi connectivity index (χ4v) is 4.11. The van der Waals surface area contributed by atoms with Crippen molar-refractivity contribution in [2.75, 3.05) is 13.6 Å². The lowest BCUT2D eigenvalue weighted by atomic mass is 9.83. The van der Waals surface area contributed by atoms with Gasteiger partial charge in [0.2, 0.25) is 0 Å². The van der Waals surface area contributed by atoms with Crippen molar-refractivity contribution in [3.8, 4) is 17.0 Å². The van der Waals surface area contributed by atoms with E-state index >= 15 is 0 Å². The molecule has 5 nitrogen and oxygen atoms in total. The summed E-state index contributed by atoms with van der Waals surface area (Å²) in [7, 11) is 2.09. The molecule has 2 aromatic heterocycles. The smallest absolute Gasteiger partial charge is 0.129 e. The van der Waals surface area contributed by atoms with Crippen molar-refractivity contribution < 1.29 is 5.11 Å². The van der Waals surface area contributed by atoms with E-state index in [1.54, 1.807) is 6.20 Å². The number of aromatic nitrogens is 3. The van der Waals surface area contributed by atoms with Gasteiger partial charge in [-0.25, -0.2) is 0 Å². The molecule has 3 heterocycles. The van der Waals surface area contributed by atoms with Crippen LogP contribution in [0.3, 0.4) is 0 Å². The highest BCUT2D eigenvalue weighted by atomic mass is 16.3. The molecule has 0 aliphatic carbocycles. The number of H-pyrrole nitrogens is 1. The second-order valence-corrected chi connectivity index (χ2v) is 7.21. The number of benzene rings is 2. The van der Waals surface area contributed by atoms with Gasteiger partial charge in [0, 0.05) is 48.0 Å². The molecule has 0 bridgehead atoms. The Labute approximate surface area is 157 Å². The Bertz CT molecular complexity index is 1120. The van der Waals surface area contributed by atoms with Crippen LogP contribution in [0.1, 0.15) is 22.6 Å². The number of rotatable bonds is 2. The number of hydrogen-bond donors (Lipinski definition) is 2. The molecule has 0 radical (unpaired) electrons. The van der Waals surface area contributed by atoms with Crippen molar-refractivity contribution in [2.45, 2.75) is 12.5 Å². The van der Waals surface area contributed by atoms with Crippen LogP contribution >= 0.6 is 0 Å². The highest BCUT2D eigenvalue weighted by Gasteiger charge is 2.28. The zero-order valence-corrected chi connectivity index (χ0v) is 15.1. The normalized spacial score (nSPS) is 17.1. The van der Waals surface area contributed by atoms with Crippen LogP contribution in [0.4, 0.5) is 0 Å². The number of fused-ring (bicyclic) bond motifs is 2. The van der Waals surface area contributed by atoms with E-state index in [0.717, 1.165) is 29.7 Å². The van der Waals surface area contributed by atoms with Crippen LogP contribution in [-0.2, 0) is 6.54 Å². The fraction of sp³-hybridized carbons (Fsp3) is 0.182. The highest BCUT2D eigenvalue weighted by Crippen LogP contribution is 2.41. The molecule has 1 aliphatic rings. The van der Waals surface area contributed by atoms with Gasteiger partial charge in [-0.2, -0.15) is 10.2 Å². The first-order valence-corrected chi connectivity index (χ1v) is 9.09. The molecule has 0 saturated carbocycles. The van der Waals surface area contributed by atoms with Crippen LogP contribution in [0.25, 0.3) is 22.2 Å². The molecule has 0 fully saturated rings. The van der Waals surface area contributed by atoms with Gasteiger partial charge >= 0.3 is 0 Å². The summed E-state index contributed by atoms with van der Waals surface area (Å²) in [5.41, 5.74) is 5.98. The number of phenolic OH excluding ortho intramolecular Hbond substituents is 1. The lowest BCUT2D eigenvalue weighted by Gasteiger charge is -2.33. The Morgan fingerprint density at radius 1 is 1.15 bits per heavy atom. The van der Waals surface area contributed by atoms with Crippen LogP contribution in [0, 0.1) is 0 Å². The molecule has 0 amide bonds. The molecule has 134 valence electrons. The summed E-state index contributed by atoms with van der Waals surface area (Å²) < 4.78 is 0. The number of nitrogens with zero attached hydrogens (tertiary/aromatic N) is 3. The average molecular weight is 356 g/mol. The third-order valence-electron chi connectivity index (χ3n) is 5.45. The molecule has 0 saturated heterocycles. The van der Waals surface area contributed by atoms with Crippen LogP contribution in [0.2, 0.25) is 0 Å². The van der Waals surface area contributed by atoms with Crippen molar-refractivity contribution in [2.24, 2.45) is 0 Å². The molecule has 0 spiro atoms. The Hall–Kier alpha value is -3.18. The maximum Gasteiger partial charge on any atom is 0.129 e. The minimum absolute atomic E-state index is 0.216. The number of likely N-dealkylation sites (N-methyl/N-ethyl adjacent to an activating group) is 1. The van der Waals surface area contributed by atoms with Gasteiger partial charge in [-0.15, -0.1) is 0 Å². The quantitative estimate of drug-likeness (QED) is 0.572. The molecule has 2 aromatic carbocycles. The number of aromatic amines is 1. The Kier molecular flexibility index (Phi) is 3.69. The Morgan fingerprint density at radius 3 is 2.93 bits per heavy atom. The maximum absolute atomic E-state index is 11.0. The lowest BCUT2D eigenvalue weighted by Crippen LogP contribution is -2.31. The van der Waals surface area contributed by atoms with Crippen LogP contribution in [-0.4, -0.2) is 38.8 Å². The molecule has 5 rings (SSSR count). The molecule has 27 heavy (non-hydrogen) atoms. The van der Waals surface area contributed by atoms with E-state index in [9.17, 15) is 5.11 Å². The second kappa shape index (κ2) is 6.21. The predicted molar refractivity (Wildman–Crippen MR) is 106 cm³/mol. The van der Waals surface area contributed by atoms with Crippen LogP contribution < -0.4 is 0 Å². The van der Waals surface area contributed by atoms with E-state index in [2.05, 4.69) is 57.5 Å². The van der Waals surface area contributed by atoms with E-state index in [1.165, 1.54) is 16.5 Å². The van der Waals surface area contributed by atoms with Gasteiger partial charge in [0.1, 0.15) is 5.75 Å². The number of phenols is 1. The van der Waals surface area contributed by atoms with Gasteiger partial charge in [-0.1, -0.05) is 18.2 Å². The second-order valence-electron chi connectivity index (χ2n) is 7.21. The summed E-state index contributed by atoms with van der Waals surface area (Å²) >= 11 is 0. The first kappa shape index (κ1) is 16.0. The van der Waals surface area contributed by atoms with Crippen molar-refractivity contribution in [3.05, 3.63) is 77.6 Å². The van der Waals surface area contributed by atoms with Crippen molar-refractivity contribution in [3.63, 3.8) is 0 Å². The summed E-state index contributed by atoms with van der Waals surface area (Å²) in [5, 5.41) is 20.3. The molecule has 1 aliphatic heterocycles. The van der Waals surface area contributed by atoms with E-state index in [-0.39, 0.29) is 5.92 Å². The maximum atomic E-state index is 11.0. The molecule has 1 atom stereocenters. The largest absolute Gasteiger partial charge is 0.507 e.